The van der Waals surface area contributed by atoms with Crippen LogP contribution in [0.25, 0.3) is 0 Å². The third kappa shape index (κ3) is 3.50. The van der Waals surface area contributed by atoms with Gasteiger partial charge in [0.05, 0.1) is 35.4 Å². The maximum absolute atomic E-state index is 12.4. The van der Waals surface area contributed by atoms with Crippen molar-refractivity contribution in [3.05, 3.63) is 40.1 Å². The maximum Gasteiger partial charge on any atom is 0.229 e. The molecule has 0 saturated heterocycles. The topological polar surface area (TPSA) is 56.1 Å². The molecular weight excluding hydrogens is 346 g/mol. The van der Waals surface area contributed by atoms with Gasteiger partial charge in [0.25, 0.3) is 0 Å². The van der Waals surface area contributed by atoms with Crippen LogP contribution < -0.4 is 10.1 Å². The first-order valence-electron chi connectivity index (χ1n) is 7.07. The summed E-state index contributed by atoms with van der Waals surface area (Å²) in [6.45, 7) is 6.33. The minimum atomic E-state index is -0.213. The Balaban J connectivity index is 2.07. The second-order valence-electron chi connectivity index (χ2n) is 5.26. The van der Waals surface area contributed by atoms with Crippen molar-refractivity contribution in [1.29, 1.82) is 0 Å². The lowest BCUT2D eigenvalue weighted by Crippen LogP contribution is -2.25. The number of ether oxygens (including phenoxy) is 1. The average Bonchev–Trinajstić information content (AvgIpc) is 2.75. The van der Waals surface area contributed by atoms with Crippen LogP contribution in [0.5, 0.6) is 5.75 Å². The number of hydrogen-bond acceptors (Lipinski definition) is 3. The molecule has 1 heterocycles. The molecule has 0 aliphatic carbocycles. The minimum absolute atomic E-state index is 0.0619. The molecule has 0 aliphatic heterocycles. The molecule has 1 aromatic carbocycles. The summed E-state index contributed by atoms with van der Waals surface area (Å²) in [6, 6.07) is 7.37. The summed E-state index contributed by atoms with van der Waals surface area (Å²) >= 11 is 3.50. The Labute approximate surface area is 138 Å². The molecule has 0 saturated carbocycles. The standard InChI is InChI=1S/C16H20BrN3O2/c1-10(9-20-12(3)15(17)11(2)19-20)16(21)18-13-7-5-6-8-14(13)22-4/h5-8,10H,9H2,1-4H3,(H,18,21). The van der Waals surface area contributed by atoms with Gasteiger partial charge in [0.15, 0.2) is 0 Å². The van der Waals surface area contributed by atoms with Crippen LogP contribution in [0.2, 0.25) is 0 Å². The maximum atomic E-state index is 12.4. The van der Waals surface area contributed by atoms with Crippen molar-refractivity contribution in [3.8, 4) is 5.75 Å². The number of carbonyl (C=O) groups is 1. The number of hydrogen-bond donors (Lipinski definition) is 1. The second kappa shape index (κ2) is 6.96. The molecule has 0 fully saturated rings. The van der Waals surface area contributed by atoms with Crippen molar-refractivity contribution >= 4 is 27.5 Å². The number of aromatic nitrogens is 2. The molecular formula is C16H20BrN3O2. The van der Waals surface area contributed by atoms with E-state index in [4.69, 9.17) is 4.74 Å². The predicted octanol–water partition coefficient (Wildman–Crippen LogP) is 3.55. The SMILES string of the molecule is COc1ccccc1NC(=O)C(C)Cn1nc(C)c(Br)c1C. The summed E-state index contributed by atoms with van der Waals surface area (Å²) in [5.74, 6) is 0.375. The van der Waals surface area contributed by atoms with Crippen LogP contribution in [0.3, 0.4) is 0 Å². The Hall–Kier alpha value is -1.82. The highest BCUT2D eigenvalue weighted by Gasteiger charge is 2.18. The van der Waals surface area contributed by atoms with Gasteiger partial charge >= 0.3 is 0 Å². The number of aryl methyl sites for hydroxylation is 1. The highest BCUT2D eigenvalue weighted by Crippen LogP contribution is 2.24. The normalized spacial score (nSPS) is 12.0. The highest BCUT2D eigenvalue weighted by molar-refractivity contribution is 9.10. The van der Waals surface area contributed by atoms with Crippen molar-refractivity contribution in [2.45, 2.75) is 27.3 Å². The molecule has 1 amide bonds. The lowest BCUT2D eigenvalue weighted by Gasteiger charge is -2.15. The van der Waals surface area contributed by atoms with Crippen molar-refractivity contribution < 1.29 is 9.53 Å². The fourth-order valence-electron chi connectivity index (χ4n) is 2.20. The van der Waals surface area contributed by atoms with Gasteiger partial charge in [-0.2, -0.15) is 5.10 Å². The van der Waals surface area contributed by atoms with Gasteiger partial charge in [0.1, 0.15) is 5.75 Å². The number of benzene rings is 1. The highest BCUT2D eigenvalue weighted by atomic mass is 79.9. The lowest BCUT2D eigenvalue weighted by molar-refractivity contribution is -0.119. The van der Waals surface area contributed by atoms with Crippen molar-refractivity contribution in [2.75, 3.05) is 12.4 Å². The summed E-state index contributed by atoms with van der Waals surface area (Å²) in [5.41, 5.74) is 2.63. The summed E-state index contributed by atoms with van der Waals surface area (Å²) in [6.07, 6.45) is 0. The summed E-state index contributed by atoms with van der Waals surface area (Å²) in [4.78, 5) is 12.4. The van der Waals surface area contributed by atoms with E-state index in [9.17, 15) is 4.79 Å². The summed E-state index contributed by atoms with van der Waals surface area (Å²) < 4.78 is 8.09. The van der Waals surface area contributed by atoms with Gasteiger partial charge in [0, 0.05) is 5.69 Å². The van der Waals surface area contributed by atoms with Gasteiger partial charge in [-0.15, -0.1) is 0 Å². The van der Waals surface area contributed by atoms with E-state index in [1.165, 1.54) is 0 Å². The van der Waals surface area contributed by atoms with Gasteiger partial charge in [-0.05, 0) is 41.9 Å². The number of nitrogens with one attached hydrogen (secondary N) is 1. The van der Waals surface area contributed by atoms with E-state index in [2.05, 4.69) is 26.3 Å². The number of carbonyl (C=O) groups excluding carboxylic acids is 1. The molecule has 1 N–H and O–H groups in total. The van der Waals surface area contributed by atoms with E-state index < -0.39 is 0 Å². The Morgan fingerprint density at radius 3 is 2.68 bits per heavy atom. The van der Waals surface area contributed by atoms with E-state index in [-0.39, 0.29) is 11.8 Å². The average molecular weight is 366 g/mol. The van der Waals surface area contributed by atoms with E-state index in [1.807, 2.05) is 49.7 Å². The van der Waals surface area contributed by atoms with Crippen LogP contribution in [0.15, 0.2) is 28.7 Å². The Morgan fingerprint density at radius 1 is 1.41 bits per heavy atom. The van der Waals surface area contributed by atoms with E-state index in [1.54, 1.807) is 7.11 Å². The van der Waals surface area contributed by atoms with E-state index in [0.29, 0.717) is 18.0 Å². The minimum Gasteiger partial charge on any atom is -0.495 e. The van der Waals surface area contributed by atoms with Gasteiger partial charge < -0.3 is 10.1 Å². The first kappa shape index (κ1) is 16.5. The van der Waals surface area contributed by atoms with Crippen LogP contribution in [0.4, 0.5) is 5.69 Å². The first-order chi connectivity index (χ1) is 10.4. The summed E-state index contributed by atoms with van der Waals surface area (Å²) in [7, 11) is 1.59. The number of amides is 1. The fraction of sp³-hybridized carbons (Fsp3) is 0.375. The molecule has 2 aromatic rings. The number of halogens is 1. The molecule has 0 aliphatic rings. The molecule has 6 heteroatoms. The lowest BCUT2D eigenvalue weighted by atomic mass is 10.1. The number of methoxy groups -OCH3 is 1. The third-order valence-corrected chi connectivity index (χ3v) is 4.70. The molecule has 1 atom stereocenters. The second-order valence-corrected chi connectivity index (χ2v) is 6.05. The van der Waals surface area contributed by atoms with Crippen molar-refractivity contribution in [3.63, 3.8) is 0 Å². The number of anilines is 1. The quantitative estimate of drug-likeness (QED) is 0.881. The molecule has 0 radical (unpaired) electrons. The fourth-order valence-corrected chi connectivity index (χ4v) is 2.48. The molecule has 1 aromatic heterocycles. The molecule has 1 unspecified atom stereocenters. The predicted molar refractivity (Wildman–Crippen MR) is 90.2 cm³/mol. The number of nitrogens with zero attached hydrogens (tertiary/aromatic N) is 2. The third-order valence-electron chi connectivity index (χ3n) is 3.55. The van der Waals surface area contributed by atoms with Crippen LogP contribution in [0, 0.1) is 19.8 Å². The van der Waals surface area contributed by atoms with Crippen LogP contribution >= 0.6 is 15.9 Å². The zero-order valence-electron chi connectivity index (χ0n) is 13.2. The Morgan fingerprint density at radius 2 is 2.09 bits per heavy atom. The van der Waals surface area contributed by atoms with Gasteiger partial charge in [-0.3, -0.25) is 9.48 Å². The van der Waals surface area contributed by atoms with Crippen molar-refractivity contribution in [2.24, 2.45) is 5.92 Å². The largest absolute Gasteiger partial charge is 0.495 e. The smallest absolute Gasteiger partial charge is 0.229 e. The molecule has 5 nitrogen and oxygen atoms in total. The van der Waals surface area contributed by atoms with Crippen LogP contribution in [0.1, 0.15) is 18.3 Å². The van der Waals surface area contributed by atoms with E-state index in [0.717, 1.165) is 15.9 Å². The Kier molecular flexibility index (Phi) is 5.24. The van der Waals surface area contributed by atoms with Crippen LogP contribution in [-0.4, -0.2) is 22.8 Å². The Bertz CT molecular complexity index is 682. The molecule has 118 valence electrons. The van der Waals surface area contributed by atoms with E-state index >= 15 is 0 Å². The first-order valence-corrected chi connectivity index (χ1v) is 7.86. The van der Waals surface area contributed by atoms with Gasteiger partial charge in [-0.25, -0.2) is 0 Å². The summed E-state index contributed by atoms with van der Waals surface area (Å²) in [5, 5.41) is 7.34. The molecule has 0 spiro atoms. The van der Waals surface area contributed by atoms with Crippen LogP contribution in [-0.2, 0) is 11.3 Å². The monoisotopic (exact) mass is 365 g/mol. The molecule has 2 rings (SSSR count). The molecule has 22 heavy (non-hydrogen) atoms. The zero-order chi connectivity index (χ0) is 16.3. The van der Waals surface area contributed by atoms with Gasteiger partial charge in [0.2, 0.25) is 5.91 Å². The zero-order valence-corrected chi connectivity index (χ0v) is 14.8. The molecule has 0 bridgehead atoms. The number of para-hydroxylation sites is 2. The number of rotatable bonds is 5. The van der Waals surface area contributed by atoms with Gasteiger partial charge in [-0.1, -0.05) is 19.1 Å². The van der Waals surface area contributed by atoms with Crippen molar-refractivity contribution in [1.82, 2.24) is 9.78 Å².